The molecule has 2 heteroatoms. The van der Waals surface area contributed by atoms with E-state index in [0.717, 1.165) is 0 Å². The van der Waals surface area contributed by atoms with Crippen molar-refractivity contribution < 1.29 is 36.4 Å². The van der Waals surface area contributed by atoms with Crippen LogP contribution in [0.1, 0.15) is 6.92 Å². The molecule has 0 rings (SSSR count). The van der Waals surface area contributed by atoms with Gasteiger partial charge in [0.2, 0.25) is 0 Å². The summed E-state index contributed by atoms with van der Waals surface area (Å²) in [6.45, 7) is 9.85. The fourth-order valence-corrected chi connectivity index (χ4v) is 11.6. The van der Waals surface area contributed by atoms with Gasteiger partial charge in [0.1, 0.15) is 0 Å². The first-order valence-corrected chi connectivity index (χ1v) is 13.2. The van der Waals surface area contributed by atoms with E-state index in [1.165, 1.54) is 0 Å². The molecule has 7 heavy (non-hydrogen) atoms. The molecule has 0 spiro atoms. The van der Waals surface area contributed by atoms with Crippen LogP contribution in [0.4, 0.5) is 0 Å². The predicted octanol–water partition coefficient (Wildman–Crippen LogP) is 2.34. The first kappa shape index (κ1) is 8.59. The van der Waals surface area contributed by atoms with Crippen LogP contribution in [-0.2, 0) is 0 Å². The summed E-state index contributed by atoms with van der Waals surface area (Å²) in [6, 6.07) is 0. The second kappa shape index (κ2) is 3.59. The molecule has 0 aromatic heterocycles. The Balaban J connectivity index is 3.15. The second-order valence-electron chi connectivity index (χ2n) is 2.78. The van der Waals surface area contributed by atoms with Gasteiger partial charge in [-0.2, -0.15) is 0 Å². The van der Waals surface area contributed by atoms with Gasteiger partial charge in [-0.25, -0.2) is 0 Å². The molecule has 42 valence electrons. The van der Waals surface area contributed by atoms with E-state index in [9.17, 15) is 0 Å². The molecule has 0 nitrogen and oxygen atoms in total. The van der Waals surface area contributed by atoms with E-state index in [0.29, 0.717) is 0 Å². The van der Waals surface area contributed by atoms with Crippen molar-refractivity contribution in [3.05, 3.63) is 0 Å². The molecular weight excluding hydrogens is 228 g/mol. The van der Waals surface area contributed by atoms with Crippen molar-refractivity contribution in [1.82, 2.24) is 0 Å². The molecule has 0 atom stereocenters. The summed E-state index contributed by atoms with van der Waals surface area (Å²) in [5.41, 5.74) is 0. The summed E-state index contributed by atoms with van der Waals surface area (Å²) < 4.78 is 1.10. The van der Waals surface area contributed by atoms with Crippen LogP contribution in [0, 0.1) is 36.4 Å². The van der Waals surface area contributed by atoms with Gasteiger partial charge in [0.05, 0.1) is 0 Å². The Morgan fingerprint density at radius 3 is 1.71 bits per heavy atom. The molecule has 0 saturated carbocycles. The first-order valence-electron chi connectivity index (χ1n) is 2.81. The van der Waals surface area contributed by atoms with Crippen LogP contribution in [0.25, 0.3) is 0 Å². The summed E-state index contributed by atoms with van der Waals surface area (Å²) in [7, 11) is 0. The Morgan fingerprint density at radius 1 is 1.29 bits per heavy atom. The zero-order valence-corrected chi connectivity index (χ0v) is 9.85. The van der Waals surface area contributed by atoms with Gasteiger partial charge in [-0.15, -0.1) is 0 Å². The van der Waals surface area contributed by atoms with Gasteiger partial charge >= 0.3 is 67.4 Å². The van der Waals surface area contributed by atoms with Crippen molar-refractivity contribution >= 4 is 2.50 Å². The number of hydrogen-bond acceptors (Lipinski definition) is 0. The molecule has 0 amide bonds. The number of hydrogen-bond donors (Lipinski definition) is 0. The van der Waals surface area contributed by atoms with Crippen molar-refractivity contribution in [1.29, 1.82) is 0 Å². The molecule has 0 heterocycles. The molecule has 0 aromatic carbocycles. The van der Waals surface area contributed by atoms with Crippen molar-refractivity contribution in [3.8, 4) is 0 Å². The van der Waals surface area contributed by atoms with Crippen LogP contribution in [0.5, 0.6) is 0 Å². The van der Waals surface area contributed by atoms with E-state index in [-0.39, 0.29) is 36.4 Å². The Hall–Kier alpha value is 1.59. The molecule has 0 aromatic rings. The Kier molecular flexibility index (Phi) is 4.40. The third-order valence-electron chi connectivity index (χ3n) is 0.707. The van der Waals surface area contributed by atoms with Crippen LogP contribution in [0.3, 0.4) is 0 Å². The monoisotopic (exact) mass is 242 g/mol. The SMILES string of the molecule is C[CH2][Ce][Si](C)(C)C. The first-order chi connectivity index (χ1) is 3.06. The molecule has 0 aliphatic rings. The van der Waals surface area contributed by atoms with E-state index >= 15 is 0 Å². The minimum absolute atomic E-state index is 0.0332. The molecule has 0 aliphatic heterocycles. The standard InChI is InChI=1S/C3H9Si.C2H5.Ce/c1-4(2)3;1-2;/h1-3H3;1H2,2H3;. The second-order valence-corrected chi connectivity index (χ2v) is 27.3. The van der Waals surface area contributed by atoms with Gasteiger partial charge in [-0.3, -0.25) is 0 Å². The summed E-state index contributed by atoms with van der Waals surface area (Å²) in [4.78, 5) is 0. The van der Waals surface area contributed by atoms with Crippen LogP contribution in [0.15, 0.2) is 0 Å². The van der Waals surface area contributed by atoms with Crippen molar-refractivity contribution in [2.45, 2.75) is 28.5 Å². The molecule has 0 radical (unpaired) electrons. The quantitative estimate of drug-likeness (QED) is 0.652. The Bertz CT molecular complexity index is 46.5. The maximum absolute atomic E-state index is 2.50. The maximum atomic E-state index is 2.50. The summed E-state index contributed by atoms with van der Waals surface area (Å²) in [5.74, 6) is 0. The zero-order chi connectivity index (χ0) is 5.91. The van der Waals surface area contributed by atoms with E-state index in [1.54, 1.807) is 1.94 Å². The van der Waals surface area contributed by atoms with Gasteiger partial charge in [0.25, 0.3) is 0 Å². The average molecular weight is 242 g/mol. The van der Waals surface area contributed by atoms with Gasteiger partial charge in [-0.05, 0) is 0 Å². The fraction of sp³-hybridized carbons (Fsp3) is 1.00. The van der Waals surface area contributed by atoms with Crippen LogP contribution in [0.2, 0.25) is 21.6 Å². The minimum atomic E-state index is -0.463. The summed E-state index contributed by atoms with van der Waals surface area (Å²) >= 11 is -0.0332. The van der Waals surface area contributed by atoms with Crippen LogP contribution < -0.4 is 0 Å². The van der Waals surface area contributed by atoms with Gasteiger partial charge in [0.15, 0.2) is 0 Å². The van der Waals surface area contributed by atoms with Crippen molar-refractivity contribution in [3.63, 3.8) is 0 Å². The van der Waals surface area contributed by atoms with Crippen molar-refractivity contribution in [2.24, 2.45) is 0 Å². The third kappa shape index (κ3) is 7.59. The fourth-order valence-electron chi connectivity index (χ4n) is 0.530. The molecular formula is C5H14CeSi. The summed E-state index contributed by atoms with van der Waals surface area (Å²) in [5, 5.41) is 0. The molecule has 0 N–H and O–H groups in total. The molecule has 0 fully saturated rings. The number of rotatable bonds is 2. The Labute approximate surface area is 66.5 Å². The molecule has 0 unspecified atom stereocenters. The zero-order valence-electron chi connectivity index (χ0n) is 5.71. The van der Waals surface area contributed by atoms with E-state index in [4.69, 9.17) is 0 Å². The topological polar surface area (TPSA) is 0 Å². The van der Waals surface area contributed by atoms with Crippen LogP contribution >= 0.6 is 0 Å². The predicted molar refractivity (Wildman–Crippen MR) is 33.8 cm³/mol. The van der Waals surface area contributed by atoms with Gasteiger partial charge in [0, 0.05) is 0 Å². The summed E-state index contributed by atoms with van der Waals surface area (Å²) in [6.07, 6.45) is 0. The molecule has 0 aliphatic carbocycles. The van der Waals surface area contributed by atoms with E-state index < -0.39 is 2.50 Å². The van der Waals surface area contributed by atoms with Crippen molar-refractivity contribution in [2.75, 3.05) is 0 Å². The Morgan fingerprint density at radius 2 is 1.71 bits per heavy atom. The average Bonchev–Trinajstić information content (AvgIpc) is 1.30. The molecule has 0 bridgehead atoms. The third-order valence-corrected chi connectivity index (χ3v) is 15.4. The van der Waals surface area contributed by atoms with E-state index in [1.807, 2.05) is 0 Å². The van der Waals surface area contributed by atoms with Gasteiger partial charge < -0.3 is 0 Å². The van der Waals surface area contributed by atoms with Gasteiger partial charge in [-0.1, -0.05) is 0 Å². The normalized spacial score (nSPS) is 11.4. The van der Waals surface area contributed by atoms with E-state index in [2.05, 4.69) is 26.6 Å². The molecule has 0 saturated heterocycles. The van der Waals surface area contributed by atoms with Crippen LogP contribution in [-0.4, -0.2) is 2.50 Å².